The Bertz CT molecular complexity index is 362. The molecule has 0 unspecified atom stereocenters. The Morgan fingerprint density at radius 2 is 1.71 bits per heavy atom. The molecule has 90 valence electrons. The van der Waals surface area contributed by atoms with Gasteiger partial charge in [0.15, 0.2) is 0 Å². The summed E-state index contributed by atoms with van der Waals surface area (Å²) in [6, 6.07) is 14.6. The van der Waals surface area contributed by atoms with Crippen LogP contribution in [0.1, 0.15) is 11.1 Å². The van der Waals surface area contributed by atoms with Crippen LogP contribution in [0.3, 0.4) is 0 Å². The van der Waals surface area contributed by atoms with Crippen LogP contribution in [0.15, 0.2) is 54.9 Å². The number of benzene rings is 1. The molecule has 0 spiro atoms. The molecule has 1 aromatic heterocycles. The van der Waals surface area contributed by atoms with E-state index < -0.39 is 0 Å². The van der Waals surface area contributed by atoms with Crippen LogP contribution >= 0.6 is 12.4 Å². The molecule has 0 saturated carbocycles. The molecule has 1 heterocycles. The van der Waals surface area contributed by atoms with E-state index in [0.717, 1.165) is 19.5 Å². The first kappa shape index (κ1) is 13.7. The maximum Gasteiger partial charge on any atom is 0.0312 e. The maximum atomic E-state index is 4.08. The highest BCUT2D eigenvalue weighted by Gasteiger charge is 1.93. The standard InChI is InChI=1S/C14H16N2.ClH/c1-2-5-13(6-3-1)8-10-16-12-14-7-4-9-15-11-14;/h1-7,9,11,16H,8,10,12H2;1H. The van der Waals surface area contributed by atoms with E-state index in [-0.39, 0.29) is 12.4 Å². The fourth-order valence-electron chi connectivity index (χ4n) is 1.61. The number of hydrogen-bond acceptors (Lipinski definition) is 2. The van der Waals surface area contributed by atoms with Crippen LogP contribution in [0.25, 0.3) is 0 Å². The summed E-state index contributed by atoms with van der Waals surface area (Å²) < 4.78 is 0. The molecule has 0 radical (unpaired) electrons. The largest absolute Gasteiger partial charge is 0.312 e. The van der Waals surface area contributed by atoms with Gasteiger partial charge < -0.3 is 5.32 Å². The average Bonchev–Trinajstić information content (AvgIpc) is 2.37. The van der Waals surface area contributed by atoms with Crippen molar-refractivity contribution in [1.82, 2.24) is 10.3 Å². The Morgan fingerprint density at radius 3 is 2.41 bits per heavy atom. The highest BCUT2D eigenvalue weighted by molar-refractivity contribution is 5.85. The highest BCUT2D eigenvalue weighted by atomic mass is 35.5. The van der Waals surface area contributed by atoms with Crippen molar-refractivity contribution < 1.29 is 0 Å². The van der Waals surface area contributed by atoms with Crippen molar-refractivity contribution in [2.75, 3.05) is 6.54 Å². The molecular weight excluding hydrogens is 232 g/mol. The number of nitrogens with one attached hydrogen (secondary N) is 1. The minimum Gasteiger partial charge on any atom is -0.312 e. The molecule has 0 amide bonds. The average molecular weight is 249 g/mol. The van der Waals surface area contributed by atoms with Gasteiger partial charge in [0.2, 0.25) is 0 Å². The molecule has 0 fully saturated rings. The van der Waals surface area contributed by atoms with E-state index in [9.17, 15) is 0 Å². The molecule has 3 heteroatoms. The summed E-state index contributed by atoms with van der Waals surface area (Å²) >= 11 is 0. The smallest absolute Gasteiger partial charge is 0.0312 e. The third kappa shape index (κ3) is 4.98. The lowest BCUT2D eigenvalue weighted by Gasteiger charge is -2.04. The number of rotatable bonds is 5. The lowest BCUT2D eigenvalue weighted by atomic mass is 10.1. The van der Waals surface area contributed by atoms with Gasteiger partial charge in [-0.15, -0.1) is 12.4 Å². The second-order valence-electron chi connectivity index (χ2n) is 3.77. The normalized spacial score (nSPS) is 9.65. The van der Waals surface area contributed by atoms with Gasteiger partial charge in [0.1, 0.15) is 0 Å². The lowest BCUT2D eigenvalue weighted by molar-refractivity contribution is 0.685. The van der Waals surface area contributed by atoms with Crippen LogP contribution in [0.4, 0.5) is 0 Å². The second-order valence-corrected chi connectivity index (χ2v) is 3.77. The predicted octanol–water partition coefficient (Wildman–Crippen LogP) is 2.84. The van der Waals surface area contributed by atoms with Crippen molar-refractivity contribution in [3.05, 3.63) is 66.0 Å². The van der Waals surface area contributed by atoms with Gasteiger partial charge in [0.25, 0.3) is 0 Å². The van der Waals surface area contributed by atoms with Crippen LogP contribution < -0.4 is 5.32 Å². The Hall–Kier alpha value is -1.38. The summed E-state index contributed by atoms with van der Waals surface area (Å²) in [5, 5.41) is 3.41. The van der Waals surface area contributed by atoms with E-state index in [1.54, 1.807) is 6.20 Å². The minimum absolute atomic E-state index is 0. The van der Waals surface area contributed by atoms with Gasteiger partial charge in [-0.3, -0.25) is 4.98 Å². The molecule has 1 N–H and O–H groups in total. The third-order valence-electron chi connectivity index (χ3n) is 2.49. The van der Waals surface area contributed by atoms with E-state index in [1.165, 1.54) is 11.1 Å². The molecule has 1 aromatic carbocycles. The maximum absolute atomic E-state index is 4.08. The summed E-state index contributed by atoms with van der Waals surface area (Å²) in [6.45, 7) is 1.89. The molecule has 0 aliphatic carbocycles. The van der Waals surface area contributed by atoms with Crippen molar-refractivity contribution in [1.29, 1.82) is 0 Å². The van der Waals surface area contributed by atoms with Crippen molar-refractivity contribution in [2.45, 2.75) is 13.0 Å². The Labute approximate surface area is 109 Å². The molecular formula is C14H17ClN2. The van der Waals surface area contributed by atoms with E-state index in [2.05, 4.69) is 40.6 Å². The molecule has 2 rings (SSSR count). The monoisotopic (exact) mass is 248 g/mol. The molecule has 17 heavy (non-hydrogen) atoms. The topological polar surface area (TPSA) is 24.9 Å². The lowest BCUT2D eigenvalue weighted by Crippen LogP contribution is -2.16. The number of aromatic nitrogens is 1. The van der Waals surface area contributed by atoms with Gasteiger partial charge in [-0.05, 0) is 30.2 Å². The van der Waals surface area contributed by atoms with Gasteiger partial charge in [-0.2, -0.15) is 0 Å². The number of pyridine rings is 1. The van der Waals surface area contributed by atoms with Gasteiger partial charge in [-0.25, -0.2) is 0 Å². The predicted molar refractivity (Wildman–Crippen MR) is 73.3 cm³/mol. The Morgan fingerprint density at radius 1 is 0.941 bits per heavy atom. The van der Waals surface area contributed by atoms with E-state index in [4.69, 9.17) is 0 Å². The van der Waals surface area contributed by atoms with Gasteiger partial charge in [0, 0.05) is 18.9 Å². The zero-order valence-corrected chi connectivity index (χ0v) is 10.5. The molecule has 2 aromatic rings. The van der Waals surface area contributed by atoms with Crippen molar-refractivity contribution in [3.8, 4) is 0 Å². The van der Waals surface area contributed by atoms with Crippen LogP contribution in [0, 0.1) is 0 Å². The van der Waals surface area contributed by atoms with Gasteiger partial charge in [0.05, 0.1) is 0 Å². The quantitative estimate of drug-likeness (QED) is 0.824. The number of nitrogens with zero attached hydrogens (tertiary/aromatic N) is 1. The minimum atomic E-state index is 0. The third-order valence-corrected chi connectivity index (χ3v) is 2.49. The Kier molecular flexibility index (Phi) is 6.30. The van der Waals surface area contributed by atoms with Crippen molar-refractivity contribution in [3.63, 3.8) is 0 Å². The number of halogens is 1. The van der Waals surface area contributed by atoms with Crippen molar-refractivity contribution >= 4 is 12.4 Å². The first-order valence-corrected chi connectivity index (χ1v) is 5.59. The first-order valence-electron chi connectivity index (χ1n) is 5.59. The Balaban J connectivity index is 0.00000144. The van der Waals surface area contributed by atoms with E-state index in [1.807, 2.05) is 18.3 Å². The van der Waals surface area contributed by atoms with Crippen molar-refractivity contribution in [2.24, 2.45) is 0 Å². The highest BCUT2D eigenvalue weighted by Crippen LogP contribution is 1.99. The van der Waals surface area contributed by atoms with E-state index in [0.29, 0.717) is 0 Å². The van der Waals surface area contributed by atoms with E-state index >= 15 is 0 Å². The fourth-order valence-corrected chi connectivity index (χ4v) is 1.61. The summed E-state index contributed by atoms with van der Waals surface area (Å²) in [7, 11) is 0. The summed E-state index contributed by atoms with van der Waals surface area (Å²) in [5.41, 5.74) is 2.61. The zero-order valence-electron chi connectivity index (χ0n) is 9.67. The molecule has 0 aliphatic rings. The molecule has 0 atom stereocenters. The van der Waals surface area contributed by atoms with Crippen LogP contribution in [0.2, 0.25) is 0 Å². The van der Waals surface area contributed by atoms with Gasteiger partial charge in [-0.1, -0.05) is 36.4 Å². The van der Waals surface area contributed by atoms with Crippen LogP contribution in [-0.4, -0.2) is 11.5 Å². The summed E-state index contributed by atoms with van der Waals surface area (Å²) in [5.74, 6) is 0. The number of hydrogen-bond donors (Lipinski definition) is 1. The summed E-state index contributed by atoms with van der Waals surface area (Å²) in [6.07, 6.45) is 4.77. The molecule has 2 nitrogen and oxygen atoms in total. The SMILES string of the molecule is Cl.c1ccc(CCNCc2cccnc2)cc1. The van der Waals surface area contributed by atoms with Gasteiger partial charge >= 0.3 is 0 Å². The molecule has 0 bridgehead atoms. The second kappa shape index (κ2) is 7.82. The molecule has 0 aliphatic heterocycles. The fraction of sp³-hybridized carbons (Fsp3) is 0.214. The molecule has 0 saturated heterocycles. The zero-order chi connectivity index (χ0) is 11.1. The first-order chi connectivity index (χ1) is 7.95. The van der Waals surface area contributed by atoms with Crippen LogP contribution in [-0.2, 0) is 13.0 Å². The van der Waals surface area contributed by atoms with Crippen LogP contribution in [0.5, 0.6) is 0 Å². The summed E-state index contributed by atoms with van der Waals surface area (Å²) in [4.78, 5) is 4.08.